The van der Waals surface area contributed by atoms with Gasteiger partial charge in [-0.3, -0.25) is 14.9 Å². The van der Waals surface area contributed by atoms with E-state index in [2.05, 4.69) is 29.8 Å². The molecule has 0 aromatic heterocycles. The molecule has 2 amide bonds. The lowest BCUT2D eigenvalue weighted by atomic mass is 9.79. The number of fused-ring (bicyclic) bond motifs is 2. The van der Waals surface area contributed by atoms with Gasteiger partial charge in [-0.05, 0) is 30.5 Å². The van der Waals surface area contributed by atoms with Crippen LogP contribution in [0.15, 0.2) is 42.5 Å². The molecule has 2 aromatic carbocycles. The van der Waals surface area contributed by atoms with Gasteiger partial charge in [0.1, 0.15) is 17.0 Å². The zero-order valence-electron chi connectivity index (χ0n) is 17.6. The smallest absolute Gasteiger partial charge is 0.250 e. The zero-order valence-corrected chi connectivity index (χ0v) is 17.6. The highest BCUT2D eigenvalue weighted by Crippen LogP contribution is 2.48. The topological polar surface area (TPSA) is 88.7 Å². The number of para-hydroxylation sites is 1. The third-order valence-electron chi connectivity index (χ3n) is 6.17. The van der Waals surface area contributed by atoms with Gasteiger partial charge in [0, 0.05) is 23.4 Å². The number of hydrogen-bond donors (Lipinski definition) is 3. The molecule has 2 aliphatic rings. The molecule has 0 bridgehead atoms. The molecular formula is C23H27N3O4. The molecular weight excluding hydrogens is 382 g/mol. The summed E-state index contributed by atoms with van der Waals surface area (Å²) < 4.78 is 10.7. The largest absolute Gasteiger partial charge is 0.497 e. The summed E-state index contributed by atoms with van der Waals surface area (Å²) in [7, 11) is 3.11. The Labute approximate surface area is 176 Å². The molecule has 0 unspecified atom stereocenters. The summed E-state index contributed by atoms with van der Waals surface area (Å²) in [5.41, 5.74) is 0.977. The second kappa shape index (κ2) is 7.65. The maximum atomic E-state index is 13.5. The molecule has 30 heavy (non-hydrogen) atoms. The SMILES string of the molecule is COc1ccc(OC)c(NC(=O)[C@H]2C[C@H](C(C)C)N[C@]23C(=O)Nc2ccccc23)c1. The van der Waals surface area contributed by atoms with Crippen molar-refractivity contribution in [2.24, 2.45) is 11.8 Å². The second-order valence-electron chi connectivity index (χ2n) is 8.15. The van der Waals surface area contributed by atoms with E-state index in [1.807, 2.05) is 24.3 Å². The van der Waals surface area contributed by atoms with Crippen molar-refractivity contribution in [3.05, 3.63) is 48.0 Å². The molecule has 1 spiro atoms. The lowest BCUT2D eigenvalue weighted by Gasteiger charge is -2.29. The second-order valence-corrected chi connectivity index (χ2v) is 8.15. The van der Waals surface area contributed by atoms with Crippen LogP contribution in [0.2, 0.25) is 0 Å². The third kappa shape index (κ3) is 3.10. The maximum absolute atomic E-state index is 13.5. The first-order valence-electron chi connectivity index (χ1n) is 10.1. The maximum Gasteiger partial charge on any atom is 0.250 e. The molecule has 2 aliphatic heterocycles. The molecule has 2 aromatic rings. The van der Waals surface area contributed by atoms with Crippen LogP contribution in [0.1, 0.15) is 25.8 Å². The van der Waals surface area contributed by atoms with E-state index in [9.17, 15) is 9.59 Å². The summed E-state index contributed by atoms with van der Waals surface area (Å²) in [6, 6.07) is 12.8. The van der Waals surface area contributed by atoms with Gasteiger partial charge in [-0.2, -0.15) is 0 Å². The van der Waals surface area contributed by atoms with Gasteiger partial charge >= 0.3 is 0 Å². The number of nitrogens with one attached hydrogen (secondary N) is 3. The summed E-state index contributed by atoms with van der Waals surface area (Å²) in [5, 5.41) is 9.44. The van der Waals surface area contributed by atoms with E-state index in [0.29, 0.717) is 23.6 Å². The van der Waals surface area contributed by atoms with Gasteiger partial charge in [0.15, 0.2) is 0 Å². The average molecular weight is 409 g/mol. The fraction of sp³-hybridized carbons (Fsp3) is 0.391. The molecule has 4 rings (SSSR count). The zero-order chi connectivity index (χ0) is 21.5. The average Bonchev–Trinajstić information content (AvgIpc) is 3.28. The van der Waals surface area contributed by atoms with Crippen molar-refractivity contribution in [3.8, 4) is 11.5 Å². The number of carbonyl (C=O) groups is 2. The molecule has 0 radical (unpaired) electrons. The van der Waals surface area contributed by atoms with Crippen LogP contribution in [-0.4, -0.2) is 32.1 Å². The van der Waals surface area contributed by atoms with Crippen molar-refractivity contribution in [1.82, 2.24) is 5.32 Å². The minimum atomic E-state index is -1.10. The lowest BCUT2D eigenvalue weighted by molar-refractivity contribution is -0.130. The van der Waals surface area contributed by atoms with Gasteiger partial charge in [-0.15, -0.1) is 0 Å². The van der Waals surface area contributed by atoms with Gasteiger partial charge in [0.2, 0.25) is 11.8 Å². The standard InChI is InChI=1S/C23H27N3O4/c1-13(2)18-12-16(21(27)24-19-11-14(29-3)9-10-20(19)30-4)23(26-18)15-7-5-6-8-17(15)25-22(23)28/h5-11,13,16,18,26H,12H2,1-4H3,(H,24,27)(H,25,28)/t16-,18-,23+/m1/s1. The van der Waals surface area contributed by atoms with Gasteiger partial charge in [-0.1, -0.05) is 32.0 Å². The van der Waals surface area contributed by atoms with Crippen LogP contribution in [0, 0.1) is 11.8 Å². The monoisotopic (exact) mass is 409 g/mol. The molecule has 7 nitrogen and oxygen atoms in total. The van der Waals surface area contributed by atoms with Crippen molar-refractivity contribution in [3.63, 3.8) is 0 Å². The number of hydrogen-bond acceptors (Lipinski definition) is 5. The van der Waals surface area contributed by atoms with Crippen LogP contribution in [-0.2, 0) is 15.1 Å². The van der Waals surface area contributed by atoms with Crippen molar-refractivity contribution >= 4 is 23.2 Å². The fourth-order valence-corrected chi connectivity index (χ4v) is 4.53. The van der Waals surface area contributed by atoms with E-state index >= 15 is 0 Å². The Kier molecular flexibility index (Phi) is 5.15. The molecule has 3 N–H and O–H groups in total. The number of methoxy groups -OCH3 is 2. The highest BCUT2D eigenvalue weighted by atomic mass is 16.5. The number of benzene rings is 2. The van der Waals surface area contributed by atoms with Crippen LogP contribution >= 0.6 is 0 Å². The molecule has 7 heteroatoms. The van der Waals surface area contributed by atoms with Crippen LogP contribution in [0.4, 0.5) is 11.4 Å². The van der Waals surface area contributed by atoms with Crippen molar-refractivity contribution in [2.45, 2.75) is 31.8 Å². The summed E-state index contributed by atoms with van der Waals surface area (Å²) in [5.74, 6) is 0.403. The van der Waals surface area contributed by atoms with Crippen LogP contribution in [0.25, 0.3) is 0 Å². The van der Waals surface area contributed by atoms with Gasteiger partial charge in [-0.25, -0.2) is 0 Å². The first-order valence-corrected chi connectivity index (χ1v) is 10.1. The number of rotatable bonds is 5. The minimum Gasteiger partial charge on any atom is -0.497 e. The Hall–Kier alpha value is -3.06. The highest BCUT2D eigenvalue weighted by Gasteiger charge is 2.60. The third-order valence-corrected chi connectivity index (χ3v) is 6.17. The predicted molar refractivity (Wildman–Crippen MR) is 115 cm³/mol. The van der Waals surface area contributed by atoms with E-state index in [-0.39, 0.29) is 23.8 Å². The molecule has 1 saturated heterocycles. The summed E-state index contributed by atoms with van der Waals surface area (Å²) in [6.07, 6.45) is 0.553. The fourth-order valence-electron chi connectivity index (χ4n) is 4.53. The number of anilines is 2. The Morgan fingerprint density at radius 2 is 1.93 bits per heavy atom. The van der Waals surface area contributed by atoms with Crippen molar-refractivity contribution in [2.75, 3.05) is 24.9 Å². The quantitative estimate of drug-likeness (QED) is 0.706. The van der Waals surface area contributed by atoms with Crippen molar-refractivity contribution < 1.29 is 19.1 Å². The van der Waals surface area contributed by atoms with Gasteiger partial charge in [0.25, 0.3) is 0 Å². The predicted octanol–water partition coefficient (Wildman–Crippen LogP) is 3.12. The first kappa shape index (κ1) is 20.2. The molecule has 158 valence electrons. The molecule has 2 heterocycles. The van der Waals surface area contributed by atoms with Gasteiger partial charge < -0.3 is 20.1 Å². The molecule has 1 fully saturated rings. The Bertz CT molecular complexity index is 990. The summed E-state index contributed by atoms with van der Waals surface area (Å²) in [4.78, 5) is 26.8. The van der Waals surface area contributed by atoms with Crippen LogP contribution in [0.5, 0.6) is 11.5 Å². The Balaban J connectivity index is 1.73. The Morgan fingerprint density at radius 3 is 2.63 bits per heavy atom. The lowest BCUT2D eigenvalue weighted by Crippen LogP contribution is -2.52. The summed E-state index contributed by atoms with van der Waals surface area (Å²) >= 11 is 0. The van der Waals surface area contributed by atoms with E-state index in [1.54, 1.807) is 32.4 Å². The molecule has 0 aliphatic carbocycles. The van der Waals surface area contributed by atoms with E-state index in [4.69, 9.17) is 9.47 Å². The van der Waals surface area contributed by atoms with E-state index in [1.165, 1.54) is 0 Å². The molecule has 0 saturated carbocycles. The Morgan fingerprint density at radius 1 is 1.17 bits per heavy atom. The number of carbonyl (C=O) groups excluding carboxylic acids is 2. The highest BCUT2D eigenvalue weighted by molar-refractivity contribution is 6.10. The van der Waals surface area contributed by atoms with E-state index < -0.39 is 11.5 Å². The van der Waals surface area contributed by atoms with Crippen LogP contribution in [0.3, 0.4) is 0 Å². The van der Waals surface area contributed by atoms with Crippen molar-refractivity contribution in [1.29, 1.82) is 0 Å². The number of amides is 2. The van der Waals surface area contributed by atoms with E-state index in [0.717, 1.165) is 11.3 Å². The summed E-state index contributed by atoms with van der Waals surface area (Å²) in [6.45, 7) is 4.19. The molecule has 3 atom stereocenters. The van der Waals surface area contributed by atoms with Crippen LogP contribution < -0.4 is 25.4 Å². The first-order chi connectivity index (χ1) is 14.4. The van der Waals surface area contributed by atoms with Gasteiger partial charge in [0.05, 0.1) is 25.8 Å². The number of ether oxygens (including phenoxy) is 2. The minimum absolute atomic E-state index is 0.0323. The normalized spacial score (nSPS) is 24.6.